The summed E-state index contributed by atoms with van der Waals surface area (Å²) in [7, 11) is 0. The summed E-state index contributed by atoms with van der Waals surface area (Å²) in [5.74, 6) is 1.26. The zero-order chi connectivity index (χ0) is 18.3. The van der Waals surface area contributed by atoms with Crippen molar-refractivity contribution in [1.29, 1.82) is 0 Å². The van der Waals surface area contributed by atoms with E-state index in [-0.39, 0.29) is 18.7 Å². The van der Waals surface area contributed by atoms with Gasteiger partial charge in [0.2, 0.25) is 0 Å². The number of fused-ring (bicyclic) bond motifs is 3. The Morgan fingerprint density at radius 1 is 1.12 bits per heavy atom. The molecule has 0 saturated carbocycles. The number of para-hydroxylation sites is 1. The monoisotopic (exact) mass is 384 g/mol. The number of carbonyl (C=O) groups is 1. The molecule has 2 heterocycles. The lowest BCUT2D eigenvalue weighted by Crippen LogP contribution is -2.16. The second-order valence-corrected chi connectivity index (χ2v) is 6.86. The highest BCUT2D eigenvalue weighted by Gasteiger charge is 2.25. The van der Waals surface area contributed by atoms with Gasteiger partial charge in [0, 0.05) is 12.0 Å². The standard InChI is InChI=1S/C20H14Cl2N2O2/c1-12-16-10-23-24(20(16)15-4-2-3-5-19(15)26-12)11-14(25)8-13-6-7-17(21)18(22)9-13/h2-7,9-10H,1,8,11H2. The van der Waals surface area contributed by atoms with E-state index in [2.05, 4.69) is 11.7 Å². The molecule has 0 bridgehead atoms. The van der Waals surface area contributed by atoms with Crippen molar-refractivity contribution >= 4 is 34.7 Å². The minimum Gasteiger partial charge on any atom is -0.457 e. The zero-order valence-corrected chi connectivity index (χ0v) is 15.2. The molecule has 0 N–H and O–H groups in total. The minimum absolute atomic E-state index is 0.0175. The maximum absolute atomic E-state index is 12.6. The van der Waals surface area contributed by atoms with E-state index in [0.29, 0.717) is 21.6 Å². The Labute approximate surface area is 160 Å². The predicted molar refractivity (Wildman–Crippen MR) is 102 cm³/mol. The van der Waals surface area contributed by atoms with Gasteiger partial charge in [0.15, 0.2) is 5.78 Å². The van der Waals surface area contributed by atoms with Gasteiger partial charge in [-0.25, -0.2) is 0 Å². The quantitative estimate of drug-likeness (QED) is 0.633. The van der Waals surface area contributed by atoms with E-state index >= 15 is 0 Å². The summed E-state index contributed by atoms with van der Waals surface area (Å²) in [5.41, 5.74) is 3.36. The molecule has 1 aliphatic heterocycles. The van der Waals surface area contributed by atoms with Crippen LogP contribution in [0.4, 0.5) is 0 Å². The van der Waals surface area contributed by atoms with Gasteiger partial charge >= 0.3 is 0 Å². The second-order valence-electron chi connectivity index (χ2n) is 6.05. The molecule has 4 nitrogen and oxygen atoms in total. The molecule has 1 aromatic heterocycles. The summed E-state index contributed by atoms with van der Waals surface area (Å²) < 4.78 is 7.43. The summed E-state index contributed by atoms with van der Waals surface area (Å²) >= 11 is 11.9. The number of rotatable bonds is 4. The molecule has 0 saturated heterocycles. The Hall–Kier alpha value is -2.56. The summed E-state index contributed by atoms with van der Waals surface area (Å²) in [5, 5.41) is 5.28. The van der Waals surface area contributed by atoms with Crippen LogP contribution in [-0.4, -0.2) is 15.6 Å². The van der Waals surface area contributed by atoms with E-state index in [1.807, 2.05) is 24.3 Å². The van der Waals surface area contributed by atoms with Crippen LogP contribution in [0.15, 0.2) is 55.2 Å². The van der Waals surface area contributed by atoms with Crippen LogP contribution in [0.1, 0.15) is 11.1 Å². The van der Waals surface area contributed by atoms with Gasteiger partial charge in [0.05, 0.1) is 27.5 Å². The number of carbonyl (C=O) groups excluding carboxylic acids is 1. The van der Waals surface area contributed by atoms with E-state index < -0.39 is 0 Å². The van der Waals surface area contributed by atoms with Gasteiger partial charge < -0.3 is 4.74 Å². The van der Waals surface area contributed by atoms with Gasteiger partial charge in [0.1, 0.15) is 18.1 Å². The number of Topliss-reactive ketones (excluding diaryl/α,β-unsaturated/α-hetero) is 1. The van der Waals surface area contributed by atoms with Crippen LogP contribution in [0.2, 0.25) is 10.0 Å². The Balaban J connectivity index is 1.61. The normalized spacial score (nSPS) is 12.3. The van der Waals surface area contributed by atoms with Crippen LogP contribution in [0.3, 0.4) is 0 Å². The summed E-state index contributed by atoms with van der Waals surface area (Å²) in [6.45, 7) is 4.09. The van der Waals surface area contributed by atoms with Crippen molar-refractivity contribution in [3.05, 3.63) is 76.4 Å². The molecule has 1 aliphatic rings. The largest absolute Gasteiger partial charge is 0.457 e. The third kappa shape index (κ3) is 3.02. The van der Waals surface area contributed by atoms with Crippen LogP contribution in [0, 0.1) is 0 Å². The van der Waals surface area contributed by atoms with Crippen molar-refractivity contribution in [1.82, 2.24) is 9.78 Å². The lowest BCUT2D eigenvalue weighted by atomic mass is 10.0. The first-order valence-electron chi connectivity index (χ1n) is 8.01. The van der Waals surface area contributed by atoms with Crippen LogP contribution in [0.5, 0.6) is 5.75 Å². The van der Waals surface area contributed by atoms with E-state index in [1.165, 1.54) is 0 Å². The fraction of sp³-hybridized carbons (Fsp3) is 0.100. The van der Waals surface area contributed by atoms with Crippen molar-refractivity contribution in [2.24, 2.45) is 0 Å². The summed E-state index contributed by atoms with van der Waals surface area (Å²) in [6, 6.07) is 12.9. The molecular formula is C20H14Cl2N2O2. The first-order valence-corrected chi connectivity index (χ1v) is 8.76. The predicted octanol–water partition coefficient (Wildman–Crippen LogP) is 5.03. The fourth-order valence-corrected chi connectivity index (χ4v) is 3.35. The highest BCUT2D eigenvalue weighted by Crippen LogP contribution is 2.41. The Morgan fingerprint density at radius 2 is 1.92 bits per heavy atom. The number of benzene rings is 2. The molecule has 2 aromatic carbocycles. The molecule has 0 fully saturated rings. The number of aromatic nitrogens is 2. The first kappa shape index (κ1) is 16.9. The molecule has 0 atom stereocenters. The van der Waals surface area contributed by atoms with Crippen LogP contribution < -0.4 is 4.74 Å². The number of ether oxygens (including phenoxy) is 1. The topological polar surface area (TPSA) is 44.1 Å². The average Bonchev–Trinajstić information content (AvgIpc) is 3.03. The molecule has 6 heteroatoms. The third-order valence-corrected chi connectivity index (χ3v) is 4.97. The molecule has 4 rings (SSSR count). The van der Waals surface area contributed by atoms with E-state index in [4.69, 9.17) is 27.9 Å². The molecule has 0 aliphatic carbocycles. The smallest absolute Gasteiger partial charge is 0.158 e. The van der Waals surface area contributed by atoms with Crippen molar-refractivity contribution in [3.63, 3.8) is 0 Å². The van der Waals surface area contributed by atoms with Gasteiger partial charge in [0.25, 0.3) is 0 Å². The van der Waals surface area contributed by atoms with Gasteiger partial charge in [-0.15, -0.1) is 0 Å². The molecule has 0 radical (unpaired) electrons. The molecule has 26 heavy (non-hydrogen) atoms. The SMILES string of the molecule is C=C1Oc2ccccc2-c2c1cnn2CC(=O)Cc1ccc(Cl)c(Cl)c1. The maximum Gasteiger partial charge on any atom is 0.158 e. The minimum atomic E-state index is 0.0175. The van der Waals surface area contributed by atoms with E-state index in [1.54, 1.807) is 29.1 Å². The van der Waals surface area contributed by atoms with Gasteiger partial charge in [-0.3, -0.25) is 9.48 Å². The van der Waals surface area contributed by atoms with Crippen molar-refractivity contribution in [3.8, 4) is 17.0 Å². The summed E-state index contributed by atoms with van der Waals surface area (Å²) in [6.07, 6.45) is 1.94. The Morgan fingerprint density at radius 3 is 2.73 bits per heavy atom. The van der Waals surface area contributed by atoms with Crippen LogP contribution >= 0.6 is 23.2 Å². The average molecular weight is 385 g/mol. The second kappa shape index (κ2) is 6.63. The van der Waals surface area contributed by atoms with Crippen molar-refractivity contribution in [2.75, 3.05) is 0 Å². The number of hydrogen-bond acceptors (Lipinski definition) is 3. The van der Waals surface area contributed by atoms with Crippen LogP contribution in [0.25, 0.3) is 17.0 Å². The molecule has 0 spiro atoms. The highest BCUT2D eigenvalue weighted by atomic mass is 35.5. The number of hydrogen-bond donors (Lipinski definition) is 0. The zero-order valence-electron chi connectivity index (χ0n) is 13.7. The first-order chi connectivity index (χ1) is 12.5. The van der Waals surface area contributed by atoms with Gasteiger partial charge in [-0.05, 0) is 29.8 Å². The Bertz CT molecular complexity index is 1040. The van der Waals surface area contributed by atoms with E-state index in [0.717, 1.165) is 22.4 Å². The highest BCUT2D eigenvalue weighted by molar-refractivity contribution is 6.42. The number of ketones is 1. The number of nitrogens with zero attached hydrogens (tertiary/aromatic N) is 2. The maximum atomic E-state index is 12.6. The van der Waals surface area contributed by atoms with E-state index in [9.17, 15) is 4.79 Å². The summed E-state index contributed by atoms with van der Waals surface area (Å²) in [4.78, 5) is 12.6. The third-order valence-electron chi connectivity index (χ3n) is 4.23. The lowest BCUT2D eigenvalue weighted by Gasteiger charge is -2.20. The van der Waals surface area contributed by atoms with Crippen molar-refractivity contribution < 1.29 is 9.53 Å². The molecule has 3 aromatic rings. The molecular weight excluding hydrogens is 371 g/mol. The van der Waals surface area contributed by atoms with Crippen molar-refractivity contribution in [2.45, 2.75) is 13.0 Å². The lowest BCUT2D eigenvalue weighted by molar-refractivity contribution is -0.119. The van der Waals surface area contributed by atoms with Gasteiger partial charge in [-0.1, -0.05) is 48.0 Å². The Kier molecular flexibility index (Phi) is 4.31. The van der Waals surface area contributed by atoms with Crippen LogP contribution in [-0.2, 0) is 17.8 Å². The molecule has 0 amide bonds. The fourth-order valence-electron chi connectivity index (χ4n) is 3.03. The molecule has 0 unspecified atom stereocenters. The number of halogens is 2. The molecule has 130 valence electrons. The van der Waals surface area contributed by atoms with Gasteiger partial charge in [-0.2, -0.15) is 5.10 Å².